The number of halogens is 3. The minimum atomic E-state index is -1.52. The summed E-state index contributed by atoms with van der Waals surface area (Å²) < 4.78 is 50.6. The van der Waals surface area contributed by atoms with Crippen molar-refractivity contribution in [3.05, 3.63) is 35.1 Å². The van der Waals surface area contributed by atoms with Gasteiger partial charge in [0.1, 0.15) is 6.61 Å². The van der Waals surface area contributed by atoms with Gasteiger partial charge in [-0.05, 0) is 24.6 Å². The molecule has 1 aromatic rings. The third-order valence-corrected chi connectivity index (χ3v) is 3.95. The topological polar surface area (TPSA) is 38.8 Å². The van der Waals surface area contributed by atoms with Crippen LogP contribution in [0.25, 0.3) is 0 Å². The van der Waals surface area contributed by atoms with Gasteiger partial charge in [0.15, 0.2) is 17.5 Å². The number of ether oxygens (including phenoxy) is 2. The molecule has 2 aliphatic rings. The third-order valence-electron chi connectivity index (χ3n) is 3.95. The Kier molecular flexibility index (Phi) is 3.62. The van der Waals surface area contributed by atoms with E-state index in [2.05, 4.69) is 0 Å². The number of amides is 1. The molecule has 3 rings (SSSR count). The highest BCUT2D eigenvalue weighted by Gasteiger charge is 2.42. The summed E-state index contributed by atoms with van der Waals surface area (Å²) in [5, 5.41) is 0. The van der Waals surface area contributed by atoms with Crippen molar-refractivity contribution in [3.8, 4) is 0 Å². The third kappa shape index (κ3) is 2.40. The molecule has 2 heterocycles. The van der Waals surface area contributed by atoms with Crippen LogP contribution in [0.2, 0.25) is 0 Å². The van der Waals surface area contributed by atoms with E-state index in [1.54, 1.807) is 0 Å². The van der Waals surface area contributed by atoms with Gasteiger partial charge < -0.3 is 14.4 Å². The molecule has 0 spiro atoms. The van der Waals surface area contributed by atoms with Crippen molar-refractivity contribution in [1.82, 2.24) is 4.90 Å². The number of nitrogens with zero attached hydrogens (tertiary/aromatic N) is 1. The summed E-state index contributed by atoms with van der Waals surface area (Å²) in [6, 6.07) is 0.846. The first-order chi connectivity index (χ1) is 9.99. The minimum Gasteiger partial charge on any atom is -0.377 e. The van der Waals surface area contributed by atoms with Gasteiger partial charge in [0.2, 0.25) is 5.91 Å². The molecule has 21 heavy (non-hydrogen) atoms. The molecule has 0 N–H and O–H groups in total. The molecule has 2 saturated heterocycles. The Labute approximate surface area is 119 Å². The summed E-state index contributed by atoms with van der Waals surface area (Å²) in [5.41, 5.74) is 0.179. The van der Waals surface area contributed by atoms with E-state index in [9.17, 15) is 18.0 Å². The minimum absolute atomic E-state index is 0.0830. The van der Waals surface area contributed by atoms with E-state index in [-0.39, 0.29) is 36.8 Å². The average molecular weight is 301 g/mol. The van der Waals surface area contributed by atoms with Gasteiger partial charge in [-0.1, -0.05) is 0 Å². The van der Waals surface area contributed by atoms with E-state index < -0.39 is 23.5 Å². The summed E-state index contributed by atoms with van der Waals surface area (Å²) in [4.78, 5) is 13.6. The van der Waals surface area contributed by atoms with E-state index in [0.717, 1.165) is 12.1 Å². The summed E-state index contributed by atoms with van der Waals surface area (Å²) >= 11 is 0. The molecule has 3 unspecified atom stereocenters. The SMILES string of the molecule is CC1OCC(=O)N2C(c3cc(F)c(F)c(F)c3)COCC12. The van der Waals surface area contributed by atoms with Crippen molar-refractivity contribution < 1.29 is 27.4 Å². The number of hydrogen-bond acceptors (Lipinski definition) is 3. The van der Waals surface area contributed by atoms with Crippen LogP contribution in [0.5, 0.6) is 0 Å². The molecule has 3 atom stereocenters. The van der Waals surface area contributed by atoms with Crippen LogP contribution in [0.1, 0.15) is 18.5 Å². The van der Waals surface area contributed by atoms with Crippen molar-refractivity contribution in [2.24, 2.45) is 0 Å². The lowest BCUT2D eigenvalue weighted by Gasteiger charge is -2.47. The number of morpholine rings is 2. The smallest absolute Gasteiger partial charge is 0.249 e. The first kappa shape index (κ1) is 14.3. The first-order valence-corrected chi connectivity index (χ1v) is 6.64. The van der Waals surface area contributed by atoms with Crippen LogP contribution in [0.3, 0.4) is 0 Å². The standard InChI is InChI=1S/C14H14F3NO3/c1-7-11-4-20-5-12(18(11)13(19)6-21-7)8-2-9(15)14(17)10(16)3-8/h2-3,7,11-12H,4-6H2,1H3. The fourth-order valence-electron chi connectivity index (χ4n) is 2.83. The number of carbonyl (C=O) groups is 1. The van der Waals surface area contributed by atoms with Crippen LogP contribution in [0, 0.1) is 17.5 Å². The highest BCUT2D eigenvalue weighted by Crippen LogP contribution is 2.33. The number of benzene rings is 1. The lowest BCUT2D eigenvalue weighted by molar-refractivity contribution is -0.179. The number of rotatable bonds is 1. The molecular weight excluding hydrogens is 287 g/mol. The van der Waals surface area contributed by atoms with Crippen molar-refractivity contribution in [2.75, 3.05) is 19.8 Å². The lowest BCUT2D eigenvalue weighted by Crippen LogP contribution is -2.60. The van der Waals surface area contributed by atoms with Crippen LogP contribution in [-0.4, -0.2) is 42.8 Å². The Hall–Kier alpha value is -1.60. The summed E-state index contributed by atoms with van der Waals surface area (Å²) in [6.07, 6.45) is -0.236. The van der Waals surface area contributed by atoms with Crippen molar-refractivity contribution in [2.45, 2.75) is 25.1 Å². The molecule has 0 aliphatic carbocycles. The largest absolute Gasteiger partial charge is 0.377 e. The van der Waals surface area contributed by atoms with Crippen molar-refractivity contribution in [1.29, 1.82) is 0 Å². The number of hydrogen-bond donors (Lipinski definition) is 0. The Morgan fingerprint density at radius 3 is 2.52 bits per heavy atom. The molecule has 4 nitrogen and oxygen atoms in total. The first-order valence-electron chi connectivity index (χ1n) is 6.64. The molecule has 0 radical (unpaired) electrons. The van der Waals surface area contributed by atoms with Gasteiger partial charge in [0.25, 0.3) is 0 Å². The zero-order valence-electron chi connectivity index (χ0n) is 11.3. The maximum absolute atomic E-state index is 13.4. The molecule has 1 aromatic carbocycles. The maximum atomic E-state index is 13.4. The zero-order chi connectivity index (χ0) is 15.1. The Balaban J connectivity index is 1.98. The molecule has 0 saturated carbocycles. The van der Waals surface area contributed by atoms with Crippen LogP contribution >= 0.6 is 0 Å². The average Bonchev–Trinajstić information content (AvgIpc) is 2.47. The van der Waals surface area contributed by atoms with Crippen LogP contribution in [0.4, 0.5) is 13.2 Å². The van der Waals surface area contributed by atoms with E-state index in [1.807, 2.05) is 6.92 Å². The molecule has 2 fully saturated rings. The van der Waals surface area contributed by atoms with Gasteiger partial charge in [0.05, 0.1) is 31.4 Å². The maximum Gasteiger partial charge on any atom is 0.249 e. The highest BCUT2D eigenvalue weighted by atomic mass is 19.2. The molecular formula is C14H14F3NO3. The molecule has 0 aromatic heterocycles. The van der Waals surface area contributed by atoms with Gasteiger partial charge in [-0.25, -0.2) is 13.2 Å². The monoisotopic (exact) mass is 301 g/mol. The second-order valence-corrected chi connectivity index (χ2v) is 5.24. The lowest BCUT2D eigenvalue weighted by atomic mass is 9.98. The summed E-state index contributed by atoms with van der Waals surface area (Å²) in [5.74, 6) is -4.34. The van der Waals surface area contributed by atoms with Gasteiger partial charge in [0, 0.05) is 0 Å². The Morgan fingerprint density at radius 1 is 1.19 bits per heavy atom. The normalized spacial score (nSPS) is 29.4. The Morgan fingerprint density at radius 2 is 1.86 bits per heavy atom. The molecule has 0 bridgehead atoms. The fraction of sp³-hybridized carbons (Fsp3) is 0.500. The molecule has 1 amide bonds. The van der Waals surface area contributed by atoms with Gasteiger partial charge in [-0.3, -0.25) is 4.79 Å². The van der Waals surface area contributed by atoms with Crippen LogP contribution < -0.4 is 0 Å². The molecule has 114 valence electrons. The predicted molar refractivity (Wildman–Crippen MR) is 65.9 cm³/mol. The predicted octanol–water partition coefficient (Wildman–Crippen LogP) is 1.79. The number of carbonyl (C=O) groups excluding carboxylic acids is 1. The molecule has 2 aliphatic heterocycles. The second-order valence-electron chi connectivity index (χ2n) is 5.24. The second kappa shape index (κ2) is 5.31. The summed E-state index contributed by atoms with van der Waals surface area (Å²) in [6.45, 7) is 2.14. The van der Waals surface area contributed by atoms with E-state index in [4.69, 9.17) is 9.47 Å². The highest BCUT2D eigenvalue weighted by molar-refractivity contribution is 5.79. The fourth-order valence-corrected chi connectivity index (χ4v) is 2.83. The zero-order valence-corrected chi connectivity index (χ0v) is 11.3. The van der Waals surface area contributed by atoms with Crippen LogP contribution in [0.15, 0.2) is 12.1 Å². The van der Waals surface area contributed by atoms with E-state index in [1.165, 1.54) is 4.90 Å². The van der Waals surface area contributed by atoms with Gasteiger partial charge in [-0.15, -0.1) is 0 Å². The van der Waals surface area contributed by atoms with Crippen molar-refractivity contribution >= 4 is 5.91 Å². The Bertz CT molecular complexity index is 558. The van der Waals surface area contributed by atoms with E-state index in [0.29, 0.717) is 6.61 Å². The number of fused-ring (bicyclic) bond motifs is 1. The quantitative estimate of drug-likeness (QED) is 0.742. The molecule has 7 heteroatoms. The van der Waals surface area contributed by atoms with Gasteiger partial charge in [-0.2, -0.15) is 0 Å². The van der Waals surface area contributed by atoms with Crippen LogP contribution in [-0.2, 0) is 14.3 Å². The van der Waals surface area contributed by atoms with E-state index >= 15 is 0 Å². The van der Waals surface area contributed by atoms with Gasteiger partial charge >= 0.3 is 0 Å². The summed E-state index contributed by atoms with van der Waals surface area (Å²) in [7, 11) is 0. The van der Waals surface area contributed by atoms with Crippen molar-refractivity contribution in [3.63, 3.8) is 0 Å².